The molecule has 2 rings (SSSR count). The number of aliphatic hydroxyl groups is 1. The van der Waals surface area contributed by atoms with Gasteiger partial charge in [0.1, 0.15) is 11.5 Å². The SMILES string of the molecule is COc1ccc(/C=C\CC/C=C/C=C(\C)CCC(O)c2cccs2)c(OC)c1. The number of unbranched alkanes of at least 4 members (excludes halogenated alkanes) is 1. The van der Waals surface area contributed by atoms with Crippen LogP contribution < -0.4 is 9.47 Å². The monoisotopic (exact) mass is 398 g/mol. The maximum Gasteiger partial charge on any atom is 0.129 e. The quantitative estimate of drug-likeness (QED) is 0.343. The van der Waals surface area contributed by atoms with Crippen molar-refractivity contribution in [2.24, 2.45) is 0 Å². The van der Waals surface area contributed by atoms with Crippen LogP contribution in [0.3, 0.4) is 0 Å². The molecule has 28 heavy (non-hydrogen) atoms. The van der Waals surface area contributed by atoms with E-state index in [1.54, 1.807) is 25.6 Å². The molecule has 0 aliphatic heterocycles. The average molecular weight is 399 g/mol. The van der Waals surface area contributed by atoms with Gasteiger partial charge in [0.25, 0.3) is 0 Å². The van der Waals surface area contributed by atoms with Gasteiger partial charge >= 0.3 is 0 Å². The molecule has 1 unspecified atom stereocenters. The highest BCUT2D eigenvalue weighted by Crippen LogP contribution is 2.26. The van der Waals surface area contributed by atoms with E-state index < -0.39 is 0 Å². The lowest BCUT2D eigenvalue weighted by Crippen LogP contribution is -1.94. The summed E-state index contributed by atoms with van der Waals surface area (Å²) in [6, 6.07) is 9.80. The van der Waals surface area contributed by atoms with Crippen LogP contribution in [-0.4, -0.2) is 19.3 Å². The van der Waals surface area contributed by atoms with E-state index >= 15 is 0 Å². The maximum absolute atomic E-state index is 10.1. The highest BCUT2D eigenvalue weighted by molar-refractivity contribution is 7.10. The summed E-state index contributed by atoms with van der Waals surface area (Å²) in [6.07, 6.45) is 13.9. The van der Waals surface area contributed by atoms with Gasteiger partial charge in [-0.25, -0.2) is 0 Å². The Morgan fingerprint density at radius 3 is 2.68 bits per heavy atom. The zero-order valence-corrected chi connectivity index (χ0v) is 17.7. The minimum Gasteiger partial charge on any atom is -0.497 e. The lowest BCUT2D eigenvalue weighted by Gasteiger charge is -2.07. The second kappa shape index (κ2) is 12.2. The smallest absolute Gasteiger partial charge is 0.129 e. The molecule has 0 fully saturated rings. The summed E-state index contributed by atoms with van der Waals surface area (Å²) in [6.45, 7) is 2.11. The van der Waals surface area contributed by atoms with Gasteiger partial charge in [-0.05, 0) is 56.2 Å². The third-order valence-electron chi connectivity index (χ3n) is 4.44. The molecule has 0 aliphatic carbocycles. The number of hydrogen-bond donors (Lipinski definition) is 1. The summed E-state index contributed by atoms with van der Waals surface area (Å²) in [7, 11) is 3.32. The molecule has 1 heterocycles. The second-order valence-corrected chi connectivity index (χ2v) is 7.58. The van der Waals surface area contributed by atoms with Crippen molar-refractivity contribution < 1.29 is 14.6 Å². The lowest BCUT2D eigenvalue weighted by atomic mass is 10.1. The van der Waals surface area contributed by atoms with Crippen LogP contribution in [0.5, 0.6) is 11.5 Å². The minimum atomic E-state index is -0.354. The number of thiophene rings is 1. The Hall–Kier alpha value is -2.30. The van der Waals surface area contributed by atoms with E-state index in [4.69, 9.17) is 9.47 Å². The predicted molar refractivity (Wildman–Crippen MR) is 119 cm³/mol. The fourth-order valence-corrected chi connectivity index (χ4v) is 3.50. The van der Waals surface area contributed by atoms with Gasteiger partial charge in [0.05, 0.1) is 20.3 Å². The summed E-state index contributed by atoms with van der Waals surface area (Å²) < 4.78 is 10.6. The highest BCUT2D eigenvalue weighted by atomic mass is 32.1. The lowest BCUT2D eigenvalue weighted by molar-refractivity contribution is 0.171. The van der Waals surface area contributed by atoms with E-state index in [1.165, 1.54) is 5.57 Å². The zero-order valence-electron chi connectivity index (χ0n) is 16.9. The Labute approximate surface area is 172 Å². The van der Waals surface area contributed by atoms with Crippen molar-refractivity contribution >= 4 is 17.4 Å². The molecule has 0 saturated heterocycles. The molecule has 2 aromatic rings. The van der Waals surface area contributed by atoms with Crippen LogP contribution in [0.25, 0.3) is 6.08 Å². The standard InChI is InChI=1S/C24H30O3S/c1-19(13-16-22(25)24-12-9-17-28-24)10-7-5-4-6-8-11-20-14-15-21(26-2)18-23(20)27-3/h5,7-12,14-15,17-18,22,25H,4,6,13,16H2,1-3H3/b7-5+,11-8-,19-10+. The Kier molecular flexibility index (Phi) is 9.60. The van der Waals surface area contributed by atoms with Gasteiger partial charge in [0, 0.05) is 16.5 Å². The van der Waals surface area contributed by atoms with Crippen molar-refractivity contribution in [1.29, 1.82) is 0 Å². The number of ether oxygens (including phenoxy) is 2. The Bertz CT molecular complexity index is 788. The Balaban J connectivity index is 1.71. The average Bonchev–Trinajstić information content (AvgIpc) is 3.26. The molecule has 0 bridgehead atoms. The van der Waals surface area contributed by atoms with Gasteiger partial charge in [-0.15, -0.1) is 11.3 Å². The van der Waals surface area contributed by atoms with Crippen LogP contribution in [0.15, 0.2) is 65.6 Å². The number of methoxy groups -OCH3 is 2. The van der Waals surface area contributed by atoms with E-state index in [2.05, 4.69) is 37.3 Å². The van der Waals surface area contributed by atoms with Gasteiger partial charge in [0.2, 0.25) is 0 Å². The summed E-state index contributed by atoms with van der Waals surface area (Å²) in [5.41, 5.74) is 2.33. The van der Waals surface area contributed by atoms with Crippen LogP contribution in [0.4, 0.5) is 0 Å². The van der Waals surface area contributed by atoms with Gasteiger partial charge in [0.15, 0.2) is 0 Å². The molecule has 1 aromatic heterocycles. The van der Waals surface area contributed by atoms with Crippen molar-refractivity contribution in [3.05, 3.63) is 76.0 Å². The molecular weight excluding hydrogens is 368 g/mol. The van der Waals surface area contributed by atoms with Crippen molar-refractivity contribution in [1.82, 2.24) is 0 Å². The molecule has 0 amide bonds. The summed E-state index contributed by atoms with van der Waals surface area (Å²) >= 11 is 1.61. The molecule has 150 valence electrons. The van der Waals surface area contributed by atoms with E-state index in [-0.39, 0.29) is 6.10 Å². The maximum atomic E-state index is 10.1. The van der Waals surface area contributed by atoms with Gasteiger partial charge in [-0.1, -0.05) is 42.0 Å². The summed E-state index contributed by atoms with van der Waals surface area (Å²) in [4.78, 5) is 1.05. The topological polar surface area (TPSA) is 38.7 Å². The third-order valence-corrected chi connectivity index (χ3v) is 5.41. The highest BCUT2D eigenvalue weighted by Gasteiger charge is 2.07. The number of aliphatic hydroxyl groups excluding tert-OH is 1. The van der Waals surface area contributed by atoms with Gasteiger partial charge in [-0.2, -0.15) is 0 Å². The fourth-order valence-electron chi connectivity index (χ4n) is 2.76. The first-order valence-corrected chi connectivity index (χ1v) is 10.4. The zero-order chi connectivity index (χ0) is 20.2. The van der Waals surface area contributed by atoms with Crippen LogP contribution in [-0.2, 0) is 0 Å². The number of rotatable bonds is 11. The van der Waals surface area contributed by atoms with Crippen molar-refractivity contribution in [3.8, 4) is 11.5 Å². The second-order valence-electron chi connectivity index (χ2n) is 6.60. The van der Waals surface area contributed by atoms with Crippen LogP contribution >= 0.6 is 11.3 Å². The third kappa shape index (κ3) is 7.37. The van der Waals surface area contributed by atoms with E-state index in [0.717, 1.165) is 47.6 Å². The first-order valence-electron chi connectivity index (χ1n) is 9.56. The first-order chi connectivity index (χ1) is 13.6. The van der Waals surface area contributed by atoms with Crippen LogP contribution in [0.1, 0.15) is 49.2 Å². The Morgan fingerprint density at radius 1 is 1.14 bits per heavy atom. The van der Waals surface area contributed by atoms with Gasteiger partial charge in [-0.3, -0.25) is 0 Å². The molecule has 0 saturated carbocycles. The normalized spacial score (nSPS) is 13.4. The molecular formula is C24H30O3S. The van der Waals surface area contributed by atoms with E-state index in [9.17, 15) is 5.11 Å². The number of benzene rings is 1. The first kappa shape index (κ1) is 22.0. The molecule has 1 aromatic carbocycles. The molecule has 3 nitrogen and oxygen atoms in total. The minimum absolute atomic E-state index is 0.354. The molecule has 0 radical (unpaired) electrons. The van der Waals surface area contributed by atoms with Gasteiger partial charge < -0.3 is 14.6 Å². The van der Waals surface area contributed by atoms with E-state index in [1.807, 2.05) is 35.7 Å². The molecule has 4 heteroatoms. The fraction of sp³-hybridized carbons (Fsp3) is 0.333. The summed E-state index contributed by atoms with van der Waals surface area (Å²) in [5.74, 6) is 1.61. The summed E-state index contributed by atoms with van der Waals surface area (Å²) in [5, 5.41) is 12.1. The predicted octanol–water partition coefficient (Wildman–Crippen LogP) is 6.58. The number of allylic oxidation sites excluding steroid dienone is 5. The largest absolute Gasteiger partial charge is 0.497 e. The van der Waals surface area contributed by atoms with Crippen molar-refractivity contribution in [3.63, 3.8) is 0 Å². The van der Waals surface area contributed by atoms with Crippen molar-refractivity contribution in [2.45, 2.75) is 38.7 Å². The Morgan fingerprint density at radius 2 is 1.96 bits per heavy atom. The molecule has 0 spiro atoms. The van der Waals surface area contributed by atoms with E-state index in [0.29, 0.717) is 0 Å². The number of hydrogen-bond acceptors (Lipinski definition) is 4. The van der Waals surface area contributed by atoms with Crippen LogP contribution in [0, 0.1) is 0 Å². The molecule has 1 N–H and O–H groups in total. The van der Waals surface area contributed by atoms with Crippen molar-refractivity contribution in [2.75, 3.05) is 14.2 Å². The molecule has 1 atom stereocenters. The van der Waals surface area contributed by atoms with Crippen LogP contribution in [0.2, 0.25) is 0 Å². The molecule has 0 aliphatic rings.